The Bertz CT molecular complexity index is 1230. The molecule has 0 aliphatic rings. The number of hydrogen-bond acceptors (Lipinski definition) is 4. The summed E-state index contributed by atoms with van der Waals surface area (Å²) < 4.78 is 85.8. The summed E-state index contributed by atoms with van der Waals surface area (Å²) in [6, 6.07) is 7.09. The lowest BCUT2D eigenvalue weighted by Crippen LogP contribution is -2.21. The van der Waals surface area contributed by atoms with Crippen molar-refractivity contribution in [1.29, 1.82) is 0 Å². The third kappa shape index (κ3) is 5.30. The Kier molecular flexibility index (Phi) is 6.57. The molecule has 0 saturated carbocycles. The average molecular weight is 486 g/mol. The monoisotopic (exact) mass is 486 g/mol. The molecule has 3 aromatic rings. The smallest absolute Gasteiger partial charge is 0.434 e. The average Bonchev–Trinajstić information content (AvgIpc) is 3.19. The lowest BCUT2D eigenvalue weighted by Gasteiger charge is -2.15. The predicted molar refractivity (Wildman–Crippen MR) is 109 cm³/mol. The summed E-state index contributed by atoms with van der Waals surface area (Å²) in [5, 5.41) is 8.22. The molecule has 0 saturated heterocycles. The molecular weight excluding hydrogens is 470 g/mol. The molecule has 2 N–H and O–H groups in total. The van der Waals surface area contributed by atoms with Crippen LogP contribution in [0.3, 0.4) is 0 Å². The van der Waals surface area contributed by atoms with Gasteiger partial charge in [-0.05, 0) is 36.4 Å². The zero-order chi connectivity index (χ0) is 25.3. The van der Waals surface area contributed by atoms with Crippen molar-refractivity contribution in [2.75, 3.05) is 17.7 Å². The first-order valence-corrected chi connectivity index (χ1v) is 9.41. The van der Waals surface area contributed by atoms with Crippen LogP contribution in [0.4, 0.5) is 37.7 Å². The highest BCUT2D eigenvalue weighted by Crippen LogP contribution is 2.36. The van der Waals surface area contributed by atoms with Crippen LogP contribution >= 0.6 is 0 Å². The fraction of sp³-hybridized carbons (Fsp3) is 0.190. The Morgan fingerprint density at radius 1 is 0.971 bits per heavy atom. The van der Waals surface area contributed by atoms with Crippen molar-refractivity contribution in [2.45, 2.75) is 19.3 Å². The van der Waals surface area contributed by atoms with E-state index in [1.54, 1.807) is 0 Å². The van der Waals surface area contributed by atoms with Crippen molar-refractivity contribution in [2.24, 2.45) is 0 Å². The number of benzene rings is 2. The maximum absolute atomic E-state index is 13.8. The van der Waals surface area contributed by atoms with Gasteiger partial charge < -0.3 is 15.4 Å². The van der Waals surface area contributed by atoms with Gasteiger partial charge in [0.05, 0.1) is 35.8 Å². The number of carbonyl (C=O) groups excluding carboxylic acids is 2. The van der Waals surface area contributed by atoms with Crippen molar-refractivity contribution in [3.8, 4) is 11.4 Å². The van der Waals surface area contributed by atoms with E-state index in [1.807, 2.05) is 0 Å². The number of amides is 2. The van der Waals surface area contributed by atoms with Crippen LogP contribution in [0.1, 0.15) is 28.5 Å². The minimum absolute atomic E-state index is 0.0227. The minimum atomic E-state index is -5.13. The summed E-state index contributed by atoms with van der Waals surface area (Å²) in [5.74, 6) is -1.44. The summed E-state index contributed by atoms with van der Waals surface area (Å²) in [6.45, 7) is 1.22. The Morgan fingerprint density at radius 3 is 2.26 bits per heavy atom. The van der Waals surface area contributed by atoms with Gasteiger partial charge in [-0.2, -0.15) is 31.4 Å². The van der Waals surface area contributed by atoms with E-state index in [9.17, 15) is 35.9 Å². The molecular formula is C21H16F6N4O3. The SMILES string of the molecule is COc1ccc(NC(=O)c2cnn(-c3cccc(C(F)(F)F)c3)c2C(F)(F)F)cc1NC(C)=O. The molecule has 1 heterocycles. The van der Waals surface area contributed by atoms with Gasteiger partial charge in [-0.15, -0.1) is 0 Å². The zero-order valence-corrected chi connectivity index (χ0v) is 17.5. The van der Waals surface area contributed by atoms with E-state index in [-0.39, 0.29) is 21.8 Å². The number of nitrogens with zero attached hydrogens (tertiary/aromatic N) is 2. The van der Waals surface area contributed by atoms with Crippen LogP contribution in [0, 0.1) is 0 Å². The number of halogens is 6. The summed E-state index contributed by atoms with van der Waals surface area (Å²) in [6.07, 6.45) is -9.31. The highest BCUT2D eigenvalue weighted by molar-refractivity contribution is 6.05. The number of hydrogen-bond donors (Lipinski definition) is 2. The van der Waals surface area contributed by atoms with Gasteiger partial charge >= 0.3 is 12.4 Å². The standard InChI is InChI=1S/C21H16F6N4O3/c1-11(32)29-16-9-13(6-7-17(16)34-2)30-19(33)15-10-28-31(18(15)21(25,26)27)14-5-3-4-12(8-14)20(22,23)24/h3-10H,1-2H3,(H,29,32)(H,30,33). The molecule has 1 aromatic heterocycles. The van der Waals surface area contributed by atoms with Gasteiger partial charge in [0.2, 0.25) is 5.91 Å². The normalized spacial score (nSPS) is 11.8. The summed E-state index contributed by atoms with van der Waals surface area (Å²) in [4.78, 5) is 24.0. The third-order valence-electron chi connectivity index (χ3n) is 4.47. The second kappa shape index (κ2) is 9.08. The maximum Gasteiger partial charge on any atom is 0.434 e. The van der Waals surface area contributed by atoms with Gasteiger partial charge in [0.1, 0.15) is 5.75 Å². The molecule has 7 nitrogen and oxygen atoms in total. The maximum atomic E-state index is 13.8. The van der Waals surface area contributed by atoms with Gasteiger partial charge in [0.25, 0.3) is 5.91 Å². The van der Waals surface area contributed by atoms with E-state index in [0.29, 0.717) is 18.3 Å². The Hall–Kier alpha value is -4.03. The fourth-order valence-electron chi connectivity index (χ4n) is 3.07. The van der Waals surface area contributed by atoms with Crippen LogP contribution in [0.5, 0.6) is 5.75 Å². The highest BCUT2D eigenvalue weighted by atomic mass is 19.4. The van der Waals surface area contributed by atoms with Crippen LogP contribution in [0.15, 0.2) is 48.7 Å². The molecule has 0 aliphatic carbocycles. The molecule has 2 amide bonds. The van der Waals surface area contributed by atoms with E-state index in [4.69, 9.17) is 4.74 Å². The van der Waals surface area contributed by atoms with Crippen molar-refractivity contribution in [3.05, 3.63) is 65.5 Å². The van der Waals surface area contributed by atoms with E-state index < -0.39 is 46.7 Å². The number of rotatable bonds is 5. The summed E-state index contributed by atoms with van der Waals surface area (Å²) in [5.41, 5.74) is -4.00. The number of alkyl halides is 6. The molecule has 3 rings (SSSR count). The number of anilines is 2. The van der Waals surface area contributed by atoms with Gasteiger partial charge in [-0.1, -0.05) is 6.07 Å². The minimum Gasteiger partial charge on any atom is -0.495 e. The number of nitrogens with one attached hydrogen (secondary N) is 2. The second-order valence-corrected chi connectivity index (χ2v) is 6.91. The molecule has 0 aliphatic heterocycles. The number of methoxy groups -OCH3 is 1. The van der Waals surface area contributed by atoms with Crippen molar-refractivity contribution in [1.82, 2.24) is 9.78 Å². The molecule has 0 bridgehead atoms. The lowest BCUT2D eigenvalue weighted by molar-refractivity contribution is -0.143. The summed E-state index contributed by atoms with van der Waals surface area (Å²) >= 11 is 0. The number of aromatic nitrogens is 2. The molecule has 0 fully saturated rings. The van der Waals surface area contributed by atoms with Gasteiger partial charge in [0.15, 0.2) is 5.69 Å². The van der Waals surface area contributed by atoms with Crippen LogP contribution in [-0.4, -0.2) is 28.7 Å². The molecule has 13 heteroatoms. The fourth-order valence-corrected chi connectivity index (χ4v) is 3.07. The number of carbonyl (C=O) groups is 2. The highest BCUT2D eigenvalue weighted by Gasteiger charge is 2.41. The molecule has 2 aromatic carbocycles. The summed E-state index contributed by atoms with van der Waals surface area (Å²) in [7, 11) is 1.33. The third-order valence-corrected chi connectivity index (χ3v) is 4.47. The van der Waals surface area contributed by atoms with Crippen LogP contribution in [0.25, 0.3) is 5.69 Å². The van der Waals surface area contributed by atoms with Crippen LogP contribution in [-0.2, 0) is 17.1 Å². The first-order chi connectivity index (χ1) is 15.8. The molecule has 34 heavy (non-hydrogen) atoms. The van der Waals surface area contributed by atoms with E-state index >= 15 is 0 Å². The van der Waals surface area contributed by atoms with Gasteiger partial charge in [-0.3, -0.25) is 9.59 Å². The van der Waals surface area contributed by atoms with Gasteiger partial charge in [-0.25, -0.2) is 4.68 Å². The predicted octanol–water partition coefficient (Wildman–Crippen LogP) is 5.13. The first kappa shape index (κ1) is 24.6. The van der Waals surface area contributed by atoms with Gasteiger partial charge in [0, 0.05) is 12.6 Å². The molecule has 0 radical (unpaired) electrons. The zero-order valence-electron chi connectivity index (χ0n) is 17.5. The molecule has 0 unspecified atom stereocenters. The Morgan fingerprint density at radius 2 is 1.68 bits per heavy atom. The topological polar surface area (TPSA) is 85.2 Å². The van der Waals surface area contributed by atoms with Crippen LogP contribution < -0.4 is 15.4 Å². The lowest BCUT2D eigenvalue weighted by atomic mass is 10.1. The van der Waals surface area contributed by atoms with E-state index in [1.165, 1.54) is 32.2 Å². The molecule has 0 atom stereocenters. The molecule has 0 spiro atoms. The van der Waals surface area contributed by atoms with Crippen molar-refractivity contribution in [3.63, 3.8) is 0 Å². The largest absolute Gasteiger partial charge is 0.495 e. The second-order valence-electron chi connectivity index (χ2n) is 6.91. The first-order valence-electron chi connectivity index (χ1n) is 9.41. The number of ether oxygens (including phenoxy) is 1. The quantitative estimate of drug-likeness (QED) is 0.490. The van der Waals surface area contributed by atoms with E-state index in [0.717, 1.165) is 12.1 Å². The molecule has 180 valence electrons. The van der Waals surface area contributed by atoms with Crippen molar-refractivity contribution < 1.29 is 40.7 Å². The van der Waals surface area contributed by atoms with Crippen molar-refractivity contribution >= 4 is 23.2 Å². The van der Waals surface area contributed by atoms with Crippen LogP contribution in [0.2, 0.25) is 0 Å². The van der Waals surface area contributed by atoms with E-state index in [2.05, 4.69) is 15.7 Å². The Labute approximate surface area is 188 Å². The Balaban J connectivity index is 2.01.